The third kappa shape index (κ3) is 3.47. The lowest BCUT2D eigenvalue weighted by Gasteiger charge is -2.27. The largest absolute Gasteiger partial charge is 0.490 e. The Balaban J connectivity index is 2.03. The van der Waals surface area contributed by atoms with Crippen LogP contribution < -0.4 is 15.8 Å². The van der Waals surface area contributed by atoms with Gasteiger partial charge in [-0.15, -0.1) is 0 Å². The normalized spacial score (nSPS) is 18.6. The van der Waals surface area contributed by atoms with Gasteiger partial charge in [-0.3, -0.25) is 0 Å². The maximum Gasteiger partial charge on any atom is 0.203 e. The lowest BCUT2D eigenvalue weighted by molar-refractivity contribution is 0.0380. The van der Waals surface area contributed by atoms with Crippen molar-refractivity contribution in [2.45, 2.75) is 44.1 Å². The number of hydrogen-bond donors (Lipinski definition) is 3. The van der Waals surface area contributed by atoms with E-state index in [9.17, 15) is 5.11 Å². The highest BCUT2D eigenvalue weighted by molar-refractivity contribution is 5.61. The summed E-state index contributed by atoms with van der Waals surface area (Å²) in [4.78, 5) is 7.99. The van der Waals surface area contributed by atoms with Crippen LogP contribution in [0.2, 0.25) is 0 Å². The van der Waals surface area contributed by atoms with E-state index in [-0.39, 0.29) is 0 Å². The molecule has 1 aliphatic rings. The zero-order valence-corrected chi connectivity index (χ0v) is 11.4. The molecule has 4 N–H and O–H groups in total. The van der Waals surface area contributed by atoms with Gasteiger partial charge in [0.05, 0.1) is 12.7 Å². The Morgan fingerprint density at radius 2 is 2.00 bits per heavy atom. The zero-order valence-electron chi connectivity index (χ0n) is 11.4. The number of aromatic nitrogens is 2. The van der Waals surface area contributed by atoms with Gasteiger partial charge in [0, 0.05) is 6.54 Å². The number of aliphatic hydroxyl groups is 1. The molecule has 106 valence electrons. The molecule has 1 saturated carbocycles. The van der Waals surface area contributed by atoms with Gasteiger partial charge in [-0.25, -0.2) is 9.97 Å². The molecule has 1 aromatic heterocycles. The highest BCUT2D eigenvalue weighted by Crippen LogP contribution is 2.30. The van der Waals surface area contributed by atoms with Crippen molar-refractivity contribution in [2.24, 2.45) is 0 Å². The molecule has 0 atom stereocenters. The quantitative estimate of drug-likeness (QED) is 0.716. The fourth-order valence-corrected chi connectivity index (χ4v) is 2.53. The van der Waals surface area contributed by atoms with Crippen LogP contribution in [0.25, 0.3) is 0 Å². The van der Waals surface area contributed by atoms with Crippen molar-refractivity contribution < 1.29 is 9.84 Å². The minimum atomic E-state index is -0.665. The van der Waals surface area contributed by atoms with E-state index in [1.807, 2.05) is 0 Å². The van der Waals surface area contributed by atoms with Crippen molar-refractivity contribution in [3.63, 3.8) is 0 Å². The first-order valence-corrected chi connectivity index (χ1v) is 6.75. The Morgan fingerprint density at radius 3 is 2.63 bits per heavy atom. The van der Waals surface area contributed by atoms with Gasteiger partial charge in [0.2, 0.25) is 5.75 Å². The fourth-order valence-electron chi connectivity index (χ4n) is 2.53. The topological polar surface area (TPSA) is 93.3 Å². The van der Waals surface area contributed by atoms with E-state index in [0.717, 1.165) is 25.7 Å². The van der Waals surface area contributed by atoms with Crippen LogP contribution in [0.15, 0.2) is 6.33 Å². The molecule has 0 unspecified atom stereocenters. The van der Waals surface area contributed by atoms with Crippen LogP contribution in [0, 0.1) is 0 Å². The predicted molar refractivity (Wildman–Crippen MR) is 74.1 cm³/mol. The number of nitrogens with two attached hydrogens (primary N) is 1. The molecule has 1 aromatic rings. The summed E-state index contributed by atoms with van der Waals surface area (Å²) in [6.07, 6.45) is 7.57. The Hall–Kier alpha value is -1.56. The van der Waals surface area contributed by atoms with Crippen LogP contribution in [0.5, 0.6) is 5.75 Å². The van der Waals surface area contributed by atoms with E-state index in [1.54, 1.807) is 0 Å². The smallest absolute Gasteiger partial charge is 0.203 e. The third-order valence-electron chi connectivity index (χ3n) is 3.65. The molecule has 6 heteroatoms. The molecular formula is C13H22N4O2. The standard InChI is InChI=1S/C13H22N4O2/c1-19-10-11(14)16-9-17-12(10)15-8-13(18)6-4-2-3-5-7-13/h9,18H,2-8H2,1H3,(H3,14,15,16,17). The van der Waals surface area contributed by atoms with Crippen LogP contribution in [0.4, 0.5) is 11.6 Å². The molecule has 1 fully saturated rings. The van der Waals surface area contributed by atoms with Crippen molar-refractivity contribution in [3.05, 3.63) is 6.33 Å². The number of nitrogen functional groups attached to an aromatic ring is 1. The Morgan fingerprint density at radius 1 is 1.32 bits per heavy atom. The number of anilines is 2. The molecule has 0 aromatic carbocycles. The average molecular weight is 266 g/mol. The van der Waals surface area contributed by atoms with Gasteiger partial charge in [0.25, 0.3) is 0 Å². The monoisotopic (exact) mass is 266 g/mol. The van der Waals surface area contributed by atoms with Crippen molar-refractivity contribution in [3.8, 4) is 5.75 Å². The Labute approximate surface area is 113 Å². The lowest BCUT2D eigenvalue weighted by atomic mass is 9.94. The van der Waals surface area contributed by atoms with Gasteiger partial charge in [0.1, 0.15) is 6.33 Å². The van der Waals surface area contributed by atoms with E-state index in [0.29, 0.717) is 23.9 Å². The van der Waals surface area contributed by atoms with Crippen LogP contribution in [-0.4, -0.2) is 34.3 Å². The molecule has 6 nitrogen and oxygen atoms in total. The molecule has 19 heavy (non-hydrogen) atoms. The van der Waals surface area contributed by atoms with Crippen molar-refractivity contribution in [2.75, 3.05) is 24.7 Å². The summed E-state index contributed by atoms with van der Waals surface area (Å²) in [6, 6.07) is 0. The van der Waals surface area contributed by atoms with Gasteiger partial charge < -0.3 is 20.9 Å². The molecular weight excluding hydrogens is 244 g/mol. The Kier molecular flexibility index (Phi) is 4.42. The molecule has 1 aliphatic carbocycles. The van der Waals surface area contributed by atoms with Gasteiger partial charge in [0.15, 0.2) is 11.6 Å². The first-order chi connectivity index (χ1) is 9.14. The van der Waals surface area contributed by atoms with Gasteiger partial charge in [-0.1, -0.05) is 25.7 Å². The number of hydrogen-bond acceptors (Lipinski definition) is 6. The fraction of sp³-hybridized carbons (Fsp3) is 0.692. The first-order valence-electron chi connectivity index (χ1n) is 6.75. The lowest BCUT2D eigenvalue weighted by Crippen LogP contribution is -2.36. The second-order valence-electron chi connectivity index (χ2n) is 5.13. The first kappa shape index (κ1) is 13.9. The third-order valence-corrected chi connectivity index (χ3v) is 3.65. The molecule has 0 amide bonds. The van der Waals surface area contributed by atoms with Crippen molar-refractivity contribution in [1.82, 2.24) is 9.97 Å². The molecule has 0 spiro atoms. The minimum Gasteiger partial charge on any atom is -0.490 e. The number of nitrogens with zero attached hydrogens (tertiary/aromatic N) is 2. The van der Waals surface area contributed by atoms with Gasteiger partial charge >= 0.3 is 0 Å². The average Bonchev–Trinajstić information content (AvgIpc) is 2.62. The maximum atomic E-state index is 10.6. The summed E-state index contributed by atoms with van der Waals surface area (Å²) in [6.45, 7) is 0.458. The van der Waals surface area contributed by atoms with E-state index in [2.05, 4.69) is 15.3 Å². The summed E-state index contributed by atoms with van der Waals surface area (Å²) in [5, 5.41) is 13.7. The number of rotatable bonds is 4. The molecule has 0 aliphatic heterocycles. The second kappa shape index (κ2) is 6.06. The summed E-state index contributed by atoms with van der Waals surface area (Å²) in [5.74, 6) is 1.26. The highest BCUT2D eigenvalue weighted by atomic mass is 16.5. The minimum absolute atomic E-state index is 0.299. The second-order valence-corrected chi connectivity index (χ2v) is 5.13. The van der Waals surface area contributed by atoms with E-state index in [1.165, 1.54) is 26.3 Å². The highest BCUT2D eigenvalue weighted by Gasteiger charge is 2.28. The molecule has 0 radical (unpaired) electrons. The number of ether oxygens (including phenoxy) is 1. The molecule has 1 heterocycles. The van der Waals surface area contributed by atoms with Crippen LogP contribution >= 0.6 is 0 Å². The van der Waals surface area contributed by atoms with Gasteiger partial charge in [-0.2, -0.15) is 0 Å². The SMILES string of the molecule is COc1c(N)ncnc1NCC1(O)CCCCCC1. The summed E-state index contributed by atoms with van der Waals surface area (Å²) in [7, 11) is 1.53. The van der Waals surface area contributed by atoms with E-state index >= 15 is 0 Å². The molecule has 0 bridgehead atoms. The molecule has 0 saturated heterocycles. The molecule has 2 rings (SSSR count). The summed E-state index contributed by atoms with van der Waals surface area (Å²) >= 11 is 0. The number of nitrogens with one attached hydrogen (secondary N) is 1. The summed E-state index contributed by atoms with van der Waals surface area (Å²) in [5.41, 5.74) is 5.05. The van der Waals surface area contributed by atoms with Crippen LogP contribution in [0.1, 0.15) is 38.5 Å². The van der Waals surface area contributed by atoms with E-state index in [4.69, 9.17) is 10.5 Å². The summed E-state index contributed by atoms with van der Waals surface area (Å²) < 4.78 is 5.18. The van der Waals surface area contributed by atoms with Gasteiger partial charge in [-0.05, 0) is 12.8 Å². The van der Waals surface area contributed by atoms with Crippen LogP contribution in [-0.2, 0) is 0 Å². The number of methoxy groups -OCH3 is 1. The zero-order chi connectivity index (χ0) is 13.7. The Bertz CT molecular complexity index is 417. The predicted octanol–water partition coefficient (Wildman–Crippen LogP) is 1.56. The van der Waals surface area contributed by atoms with Crippen molar-refractivity contribution in [1.29, 1.82) is 0 Å². The maximum absolute atomic E-state index is 10.6. The van der Waals surface area contributed by atoms with Crippen molar-refractivity contribution >= 4 is 11.6 Å². The van der Waals surface area contributed by atoms with Crippen LogP contribution in [0.3, 0.4) is 0 Å². The van der Waals surface area contributed by atoms with E-state index < -0.39 is 5.60 Å².